The molecule has 0 bridgehead atoms. The smallest absolute Gasteiger partial charge is 0.277 e. The van der Waals surface area contributed by atoms with Gasteiger partial charge in [-0.2, -0.15) is 0 Å². The number of likely N-dealkylation sites (N-methyl/N-ethyl adjacent to an activating group) is 1. The minimum atomic E-state index is -0.138. The Morgan fingerprint density at radius 1 is 0.920 bits per heavy atom. The summed E-state index contributed by atoms with van der Waals surface area (Å²) in [5.74, 6) is -0.259. The van der Waals surface area contributed by atoms with Crippen LogP contribution in [0.1, 0.15) is 31.7 Å². The Labute approximate surface area is 149 Å². The highest BCUT2D eigenvalue weighted by Gasteiger charge is 2.41. The molecule has 0 spiro atoms. The second-order valence-electron chi connectivity index (χ2n) is 6.85. The number of unbranched alkanes of at least 4 members (excludes halogenated alkanes) is 2. The third-order valence-electron chi connectivity index (χ3n) is 5.01. The van der Waals surface area contributed by atoms with Crippen molar-refractivity contribution in [1.82, 2.24) is 14.7 Å². The molecule has 3 rings (SSSR count). The molecule has 5 nitrogen and oxygen atoms in total. The van der Waals surface area contributed by atoms with Crippen LogP contribution in [-0.4, -0.2) is 66.3 Å². The average Bonchev–Trinajstić information content (AvgIpc) is 2.88. The lowest BCUT2D eigenvalue weighted by Gasteiger charge is -2.34. The van der Waals surface area contributed by atoms with E-state index in [9.17, 15) is 9.59 Å². The summed E-state index contributed by atoms with van der Waals surface area (Å²) in [7, 11) is 2.09. The number of carbonyl (C=O) groups excluding carboxylic acids is 2. The van der Waals surface area contributed by atoms with Crippen molar-refractivity contribution in [3.8, 4) is 0 Å². The summed E-state index contributed by atoms with van der Waals surface area (Å²) in [6.07, 6.45) is 2.97. The van der Waals surface area contributed by atoms with Gasteiger partial charge in [0.2, 0.25) is 0 Å². The number of piperazine rings is 1. The van der Waals surface area contributed by atoms with Crippen molar-refractivity contribution in [2.75, 3.05) is 39.8 Å². The highest BCUT2D eigenvalue weighted by atomic mass is 16.2. The minimum Gasteiger partial charge on any atom is -0.364 e. The SMILES string of the molecule is CCCCCN1C(=O)C(c2ccccc2)=C(N2CCN(C)CC2)C1=O. The zero-order valence-electron chi connectivity index (χ0n) is 15.2. The third kappa shape index (κ3) is 3.61. The molecule has 0 saturated carbocycles. The molecule has 2 heterocycles. The quantitative estimate of drug-likeness (QED) is 0.588. The van der Waals surface area contributed by atoms with Crippen LogP contribution in [0.15, 0.2) is 36.0 Å². The van der Waals surface area contributed by atoms with Gasteiger partial charge in [0.1, 0.15) is 5.70 Å². The summed E-state index contributed by atoms with van der Waals surface area (Å²) < 4.78 is 0. The first-order valence-corrected chi connectivity index (χ1v) is 9.23. The van der Waals surface area contributed by atoms with Gasteiger partial charge in [0.25, 0.3) is 11.8 Å². The van der Waals surface area contributed by atoms with Gasteiger partial charge in [-0.3, -0.25) is 14.5 Å². The van der Waals surface area contributed by atoms with E-state index in [1.54, 1.807) is 0 Å². The van der Waals surface area contributed by atoms with Gasteiger partial charge < -0.3 is 9.80 Å². The average molecular weight is 341 g/mol. The summed E-state index contributed by atoms with van der Waals surface area (Å²) in [6.45, 7) is 6.01. The zero-order valence-corrected chi connectivity index (χ0v) is 15.2. The Morgan fingerprint density at radius 2 is 1.60 bits per heavy atom. The summed E-state index contributed by atoms with van der Waals surface area (Å²) in [4.78, 5) is 31.9. The van der Waals surface area contributed by atoms with Gasteiger partial charge in [0.05, 0.1) is 5.57 Å². The van der Waals surface area contributed by atoms with Crippen LogP contribution in [0.25, 0.3) is 5.57 Å². The molecular weight excluding hydrogens is 314 g/mol. The van der Waals surface area contributed by atoms with Crippen LogP contribution in [0.4, 0.5) is 0 Å². The Bertz CT molecular complexity index is 661. The number of hydrogen-bond donors (Lipinski definition) is 0. The summed E-state index contributed by atoms with van der Waals surface area (Å²) in [5, 5.41) is 0. The predicted octanol–water partition coefficient (Wildman–Crippen LogP) is 2.20. The van der Waals surface area contributed by atoms with Crippen molar-refractivity contribution >= 4 is 17.4 Å². The lowest BCUT2D eigenvalue weighted by molar-refractivity contribution is -0.137. The Kier molecular flexibility index (Phi) is 5.53. The van der Waals surface area contributed by atoms with Crippen LogP contribution in [0.2, 0.25) is 0 Å². The van der Waals surface area contributed by atoms with E-state index in [1.807, 2.05) is 30.3 Å². The van der Waals surface area contributed by atoms with E-state index >= 15 is 0 Å². The number of nitrogens with zero attached hydrogens (tertiary/aromatic N) is 3. The first-order valence-electron chi connectivity index (χ1n) is 9.23. The van der Waals surface area contributed by atoms with E-state index in [-0.39, 0.29) is 11.8 Å². The maximum Gasteiger partial charge on any atom is 0.277 e. The molecule has 0 radical (unpaired) electrons. The Morgan fingerprint density at radius 3 is 2.24 bits per heavy atom. The topological polar surface area (TPSA) is 43.9 Å². The number of benzene rings is 1. The summed E-state index contributed by atoms with van der Waals surface area (Å²) in [6, 6.07) is 9.61. The molecule has 0 N–H and O–H groups in total. The van der Waals surface area contributed by atoms with Crippen LogP contribution in [-0.2, 0) is 9.59 Å². The number of imide groups is 1. The predicted molar refractivity (Wildman–Crippen MR) is 98.7 cm³/mol. The van der Waals surface area contributed by atoms with E-state index in [4.69, 9.17) is 0 Å². The molecule has 2 amide bonds. The fourth-order valence-electron chi connectivity index (χ4n) is 3.47. The second-order valence-corrected chi connectivity index (χ2v) is 6.85. The minimum absolute atomic E-state index is 0.121. The van der Waals surface area contributed by atoms with Gasteiger partial charge in [-0.05, 0) is 19.0 Å². The molecule has 1 aromatic carbocycles. The molecule has 134 valence electrons. The van der Waals surface area contributed by atoms with Gasteiger partial charge in [-0.15, -0.1) is 0 Å². The van der Waals surface area contributed by atoms with Crippen LogP contribution in [0, 0.1) is 0 Å². The van der Waals surface area contributed by atoms with Crippen molar-refractivity contribution in [2.24, 2.45) is 0 Å². The van der Waals surface area contributed by atoms with Crippen molar-refractivity contribution in [1.29, 1.82) is 0 Å². The largest absolute Gasteiger partial charge is 0.364 e. The summed E-state index contributed by atoms with van der Waals surface area (Å²) in [5.41, 5.74) is 2.01. The summed E-state index contributed by atoms with van der Waals surface area (Å²) >= 11 is 0. The van der Waals surface area contributed by atoms with Crippen molar-refractivity contribution in [3.05, 3.63) is 41.6 Å². The maximum absolute atomic E-state index is 13.1. The van der Waals surface area contributed by atoms with E-state index in [1.165, 1.54) is 4.90 Å². The van der Waals surface area contributed by atoms with E-state index in [0.29, 0.717) is 17.8 Å². The van der Waals surface area contributed by atoms with Crippen LogP contribution in [0.3, 0.4) is 0 Å². The normalized spacial score (nSPS) is 19.3. The maximum atomic E-state index is 13.1. The third-order valence-corrected chi connectivity index (χ3v) is 5.01. The van der Waals surface area contributed by atoms with Crippen LogP contribution >= 0.6 is 0 Å². The van der Waals surface area contributed by atoms with E-state index in [2.05, 4.69) is 23.8 Å². The molecule has 0 aromatic heterocycles. The number of carbonyl (C=O) groups is 2. The molecular formula is C20H27N3O2. The molecule has 5 heteroatoms. The van der Waals surface area contributed by atoms with E-state index in [0.717, 1.165) is 51.0 Å². The standard InChI is InChI=1S/C20H27N3O2/c1-3-4-8-11-23-19(24)17(16-9-6-5-7-10-16)18(20(23)25)22-14-12-21(2)13-15-22/h5-7,9-10H,3-4,8,11-15H2,1-2H3. The number of hydrogen-bond acceptors (Lipinski definition) is 4. The van der Waals surface area contributed by atoms with Gasteiger partial charge >= 0.3 is 0 Å². The molecule has 0 aliphatic carbocycles. The zero-order chi connectivity index (χ0) is 17.8. The Hall–Kier alpha value is -2.14. The fourth-order valence-corrected chi connectivity index (χ4v) is 3.47. The Balaban J connectivity index is 1.93. The molecule has 1 aromatic rings. The number of amides is 2. The van der Waals surface area contributed by atoms with E-state index < -0.39 is 0 Å². The lowest BCUT2D eigenvalue weighted by Crippen LogP contribution is -2.46. The first kappa shape index (κ1) is 17.7. The van der Waals surface area contributed by atoms with Crippen molar-refractivity contribution < 1.29 is 9.59 Å². The molecule has 2 aliphatic rings. The number of rotatable bonds is 6. The molecule has 2 aliphatic heterocycles. The molecule has 1 fully saturated rings. The fraction of sp³-hybridized carbons (Fsp3) is 0.500. The highest BCUT2D eigenvalue weighted by Crippen LogP contribution is 2.32. The van der Waals surface area contributed by atoms with Crippen LogP contribution < -0.4 is 0 Å². The van der Waals surface area contributed by atoms with Crippen molar-refractivity contribution in [3.63, 3.8) is 0 Å². The monoisotopic (exact) mass is 341 g/mol. The molecule has 0 atom stereocenters. The molecule has 1 saturated heterocycles. The second kappa shape index (κ2) is 7.83. The lowest BCUT2D eigenvalue weighted by atomic mass is 10.0. The van der Waals surface area contributed by atoms with Gasteiger partial charge in [0.15, 0.2) is 0 Å². The molecule has 25 heavy (non-hydrogen) atoms. The first-order chi connectivity index (χ1) is 12.1. The van der Waals surface area contributed by atoms with Crippen LogP contribution in [0.5, 0.6) is 0 Å². The van der Waals surface area contributed by atoms with Crippen molar-refractivity contribution in [2.45, 2.75) is 26.2 Å². The molecule has 0 unspecified atom stereocenters. The van der Waals surface area contributed by atoms with Gasteiger partial charge in [-0.1, -0.05) is 50.1 Å². The van der Waals surface area contributed by atoms with Gasteiger partial charge in [-0.25, -0.2) is 0 Å². The highest BCUT2D eigenvalue weighted by molar-refractivity contribution is 6.35. The van der Waals surface area contributed by atoms with Gasteiger partial charge in [0, 0.05) is 32.7 Å².